The standard InChI is InChI=1S/C7H12N2O3S/c1-4(10)12-6-3-13-2-5(6)9-7(8)11/h5-6H,2-3H2,1H3,(H3,8,9,11)/t5-,6-/m1/s1. The number of thioether (sulfide) groups is 1. The summed E-state index contributed by atoms with van der Waals surface area (Å²) in [5.74, 6) is 1.12. The minimum Gasteiger partial charge on any atom is -0.459 e. The lowest BCUT2D eigenvalue weighted by Gasteiger charge is -2.18. The van der Waals surface area contributed by atoms with Gasteiger partial charge in [0.05, 0.1) is 6.04 Å². The molecule has 2 atom stereocenters. The third-order valence-corrected chi connectivity index (χ3v) is 2.83. The predicted molar refractivity (Wildman–Crippen MR) is 49.4 cm³/mol. The number of rotatable bonds is 2. The molecule has 6 heteroatoms. The van der Waals surface area contributed by atoms with E-state index in [2.05, 4.69) is 5.32 Å². The molecule has 1 fully saturated rings. The summed E-state index contributed by atoms with van der Waals surface area (Å²) in [6.07, 6.45) is -0.241. The highest BCUT2D eigenvalue weighted by atomic mass is 32.2. The second kappa shape index (κ2) is 4.36. The summed E-state index contributed by atoms with van der Waals surface area (Å²) in [6.45, 7) is 1.35. The molecule has 0 unspecified atom stereocenters. The number of urea groups is 1. The summed E-state index contributed by atoms with van der Waals surface area (Å²) in [5.41, 5.74) is 4.97. The van der Waals surface area contributed by atoms with Gasteiger partial charge < -0.3 is 15.8 Å². The molecule has 0 aromatic rings. The Hall–Kier alpha value is -0.910. The predicted octanol–water partition coefficient (Wildman–Crippen LogP) is -0.298. The van der Waals surface area contributed by atoms with Crippen LogP contribution in [0.3, 0.4) is 0 Å². The topological polar surface area (TPSA) is 81.4 Å². The molecule has 0 bridgehead atoms. The summed E-state index contributed by atoms with van der Waals surface area (Å²) in [6, 6.07) is -0.726. The maximum Gasteiger partial charge on any atom is 0.312 e. The average molecular weight is 204 g/mol. The summed E-state index contributed by atoms with van der Waals surface area (Å²) in [5, 5.41) is 2.54. The molecule has 1 rings (SSSR count). The molecule has 1 saturated heterocycles. The van der Waals surface area contributed by atoms with Gasteiger partial charge in [-0.05, 0) is 0 Å². The van der Waals surface area contributed by atoms with Crippen molar-refractivity contribution in [2.24, 2.45) is 5.73 Å². The van der Waals surface area contributed by atoms with E-state index in [0.717, 1.165) is 5.75 Å². The summed E-state index contributed by atoms with van der Waals surface area (Å²) < 4.78 is 4.99. The van der Waals surface area contributed by atoms with E-state index in [-0.39, 0.29) is 18.1 Å². The Balaban J connectivity index is 2.43. The maximum atomic E-state index is 10.7. The molecule has 13 heavy (non-hydrogen) atoms. The third kappa shape index (κ3) is 3.14. The van der Waals surface area contributed by atoms with Gasteiger partial charge in [0.25, 0.3) is 0 Å². The molecule has 1 aliphatic rings. The number of hydrogen-bond donors (Lipinski definition) is 2. The lowest BCUT2D eigenvalue weighted by atomic mass is 10.2. The fourth-order valence-electron chi connectivity index (χ4n) is 1.18. The number of carbonyl (C=O) groups is 2. The number of hydrogen-bond acceptors (Lipinski definition) is 4. The van der Waals surface area contributed by atoms with Gasteiger partial charge in [0.1, 0.15) is 6.10 Å². The van der Waals surface area contributed by atoms with E-state index in [1.54, 1.807) is 11.8 Å². The van der Waals surface area contributed by atoms with E-state index in [0.29, 0.717) is 5.75 Å². The highest BCUT2D eigenvalue weighted by Gasteiger charge is 2.30. The van der Waals surface area contributed by atoms with E-state index in [1.807, 2.05) is 0 Å². The van der Waals surface area contributed by atoms with Crippen LogP contribution in [0.1, 0.15) is 6.92 Å². The van der Waals surface area contributed by atoms with Crippen LogP contribution in [0.4, 0.5) is 4.79 Å². The van der Waals surface area contributed by atoms with Crippen molar-refractivity contribution in [1.29, 1.82) is 0 Å². The smallest absolute Gasteiger partial charge is 0.312 e. The van der Waals surface area contributed by atoms with Gasteiger partial charge in [0, 0.05) is 18.4 Å². The summed E-state index contributed by atoms with van der Waals surface area (Å²) >= 11 is 1.63. The number of carbonyl (C=O) groups excluding carboxylic acids is 2. The Labute approximate surface area is 80.4 Å². The molecule has 2 amide bonds. The van der Waals surface area contributed by atoms with Crippen molar-refractivity contribution in [2.75, 3.05) is 11.5 Å². The lowest BCUT2D eigenvalue weighted by Crippen LogP contribution is -2.46. The zero-order valence-electron chi connectivity index (χ0n) is 7.28. The fourth-order valence-corrected chi connectivity index (χ4v) is 2.40. The van der Waals surface area contributed by atoms with Crippen molar-refractivity contribution in [3.8, 4) is 0 Å². The van der Waals surface area contributed by atoms with Crippen LogP contribution < -0.4 is 11.1 Å². The second-order valence-corrected chi connectivity index (χ2v) is 3.88. The van der Waals surface area contributed by atoms with Crippen LogP contribution in [0.5, 0.6) is 0 Å². The Kier molecular flexibility index (Phi) is 3.41. The molecule has 0 aliphatic carbocycles. The monoisotopic (exact) mass is 204 g/mol. The van der Waals surface area contributed by atoms with Crippen LogP contribution in [0.15, 0.2) is 0 Å². The van der Waals surface area contributed by atoms with Crippen LogP contribution in [0.25, 0.3) is 0 Å². The van der Waals surface area contributed by atoms with Crippen molar-refractivity contribution < 1.29 is 14.3 Å². The molecule has 0 radical (unpaired) electrons. The SMILES string of the molecule is CC(=O)O[C@@H]1CSC[C@H]1NC(N)=O. The minimum atomic E-state index is -0.579. The number of primary amides is 1. The van der Waals surface area contributed by atoms with E-state index < -0.39 is 6.03 Å². The molecule has 0 aromatic heterocycles. The van der Waals surface area contributed by atoms with Crippen LogP contribution in [0, 0.1) is 0 Å². The molecular formula is C7H12N2O3S. The Morgan fingerprint density at radius 2 is 2.23 bits per heavy atom. The van der Waals surface area contributed by atoms with E-state index in [9.17, 15) is 9.59 Å². The van der Waals surface area contributed by atoms with Crippen LogP contribution >= 0.6 is 11.8 Å². The van der Waals surface area contributed by atoms with Crippen molar-refractivity contribution in [1.82, 2.24) is 5.32 Å². The molecule has 0 saturated carbocycles. The first-order chi connectivity index (χ1) is 6.09. The number of amides is 2. The first-order valence-electron chi connectivity index (χ1n) is 3.90. The van der Waals surface area contributed by atoms with Crippen LogP contribution in [-0.4, -0.2) is 35.7 Å². The lowest BCUT2D eigenvalue weighted by molar-refractivity contribution is -0.145. The van der Waals surface area contributed by atoms with Gasteiger partial charge in [-0.15, -0.1) is 0 Å². The van der Waals surface area contributed by atoms with E-state index in [1.165, 1.54) is 6.92 Å². The van der Waals surface area contributed by atoms with Crippen molar-refractivity contribution in [3.05, 3.63) is 0 Å². The fraction of sp³-hybridized carbons (Fsp3) is 0.714. The van der Waals surface area contributed by atoms with Crippen LogP contribution in [0.2, 0.25) is 0 Å². The zero-order valence-corrected chi connectivity index (χ0v) is 8.10. The van der Waals surface area contributed by atoms with Gasteiger partial charge in [-0.3, -0.25) is 4.79 Å². The van der Waals surface area contributed by atoms with Gasteiger partial charge in [0.15, 0.2) is 0 Å². The Morgan fingerprint density at radius 3 is 2.77 bits per heavy atom. The van der Waals surface area contributed by atoms with Crippen LogP contribution in [-0.2, 0) is 9.53 Å². The number of esters is 1. The van der Waals surface area contributed by atoms with E-state index in [4.69, 9.17) is 10.5 Å². The second-order valence-electron chi connectivity index (χ2n) is 2.80. The van der Waals surface area contributed by atoms with Crippen molar-refractivity contribution >= 4 is 23.8 Å². The van der Waals surface area contributed by atoms with Gasteiger partial charge in [-0.1, -0.05) is 0 Å². The quantitative estimate of drug-likeness (QED) is 0.605. The molecule has 74 valence electrons. The first kappa shape index (κ1) is 10.2. The highest BCUT2D eigenvalue weighted by molar-refractivity contribution is 7.99. The first-order valence-corrected chi connectivity index (χ1v) is 5.06. The van der Waals surface area contributed by atoms with Gasteiger partial charge in [0.2, 0.25) is 0 Å². The normalized spacial score (nSPS) is 26.8. The summed E-state index contributed by atoms with van der Waals surface area (Å²) in [7, 11) is 0. The zero-order chi connectivity index (χ0) is 9.84. The van der Waals surface area contributed by atoms with Gasteiger partial charge >= 0.3 is 12.0 Å². The molecule has 5 nitrogen and oxygen atoms in total. The molecular weight excluding hydrogens is 192 g/mol. The highest BCUT2D eigenvalue weighted by Crippen LogP contribution is 2.20. The molecule has 1 aliphatic heterocycles. The summed E-state index contributed by atoms with van der Waals surface area (Å²) in [4.78, 5) is 21.2. The number of nitrogens with one attached hydrogen (secondary N) is 1. The molecule has 3 N–H and O–H groups in total. The van der Waals surface area contributed by atoms with Crippen molar-refractivity contribution in [2.45, 2.75) is 19.1 Å². The number of ether oxygens (including phenoxy) is 1. The van der Waals surface area contributed by atoms with E-state index >= 15 is 0 Å². The number of nitrogens with two attached hydrogens (primary N) is 1. The van der Waals surface area contributed by atoms with Crippen molar-refractivity contribution in [3.63, 3.8) is 0 Å². The van der Waals surface area contributed by atoms with Gasteiger partial charge in [-0.25, -0.2) is 4.79 Å². The molecule has 0 aromatic carbocycles. The molecule has 1 heterocycles. The van der Waals surface area contributed by atoms with Gasteiger partial charge in [-0.2, -0.15) is 11.8 Å². The molecule has 0 spiro atoms. The Bertz CT molecular complexity index is 200. The minimum absolute atomic E-state index is 0.147. The Morgan fingerprint density at radius 1 is 1.54 bits per heavy atom. The maximum absolute atomic E-state index is 10.7. The largest absolute Gasteiger partial charge is 0.459 e. The average Bonchev–Trinajstić information content (AvgIpc) is 2.34. The third-order valence-electron chi connectivity index (χ3n) is 1.67.